The topological polar surface area (TPSA) is 43.8 Å². The summed E-state index contributed by atoms with van der Waals surface area (Å²) in [6.45, 7) is 0. The summed E-state index contributed by atoms with van der Waals surface area (Å²) >= 11 is 6.23. The Balaban J connectivity index is 2.36. The number of fused-ring (bicyclic) bond motifs is 1. The van der Waals surface area contributed by atoms with E-state index in [1.165, 1.54) is 0 Å². The first-order valence-corrected chi connectivity index (χ1v) is 6.02. The predicted octanol–water partition coefficient (Wildman–Crippen LogP) is 3.48. The van der Waals surface area contributed by atoms with Crippen LogP contribution in [0, 0.1) is 0 Å². The van der Waals surface area contributed by atoms with Gasteiger partial charge in [0.05, 0.1) is 21.6 Å². The Morgan fingerprint density at radius 1 is 1.11 bits per heavy atom. The lowest BCUT2D eigenvalue weighted by atomic mass is 10.1. The number of hydrogen-bond acceptors (Lipinski definition) is 2. The van der Waals surface area contributed by atoms with E-state index in [0.717, 1.165) is 22.4 Å². The van der Waals surface area contributed by atoms with Gasteiger partial charge in [-0.1, -0.05) is 29.8 Å². The first-order chi connectivity index (χ1) is 8.68. The van der Waals surface area contributed by atoms with E-state index in [-0.39, 0.29) is 0 Å². The number of nitrogens with two attached hydrogens (primary N) is 1. The van der Waals surface area contributed by atoms with Crippen LogP contribution in [0.15, 0.2) is 42.5 Å². The van der Waals surface area contributed by atoms with Crippen LogP contribution in [-0.2, 0) is 7.05 Å². The van der Waals surface area contributed by atoms with Gasteiger partial charge in [-0.3, -0.25) is 0 Å². The van der Waals surface area contributed by atoms with Gasteiger partial charge in [-0.15, -0.1) is 0 Å². The Morgan fingerprint density at radius 2 is 1.89 bits per heavy atom. The van der Waals surface area contributed by atoms with Gasteiger partial charge < -0.3 is 10.3 Å². The molecule has 90 valence electrons. The minimum Gasteiger partial charge on any atom is -0.398 e. The second-order valence-electron chi connectivity index (χ2n) is 4.19. The van der Waals surface area contributed by atoms with Gasteiger partial charge in [-0.2, -0.15) is 0 Å². The average molecular weight is 258 g/mol. The van der Waals surface area contributed by atoms with Crippen LogP contribution in [0.25, 0.3) is 22.4 Å². The third-order valence-electron chi connectivity index (χ3n) is 3.06. The minimum atomic E-state index is 0.619. The summed E-state index contributed by atoms with van der Waals surface area (Å²) in [4.78, 5) is 4.60. The average Bonchev–Trinajstić information content (AvgIpc) is 2.68. The fourth-order valence-corrected chi connectivity index (χ4v) is 2.41. The van der Waals surface area contributed by atoms with E-state index >= 15 is 0 Å². The Bertz CT molecular complexity index is 711. The molecule has 0 saturated carbocycles. The van der Waals surface area contributed by atoms with Crippen LogP contribution in [0.4, 0.5) is 5.69 Å². The van der Waals surface area contributed by atoms with Crippen LogP contribution in [0.5, 0.6) is 0 Å². The molecule has 0 unspecified atom stereocenters. The van der Waals surface area contributed by atoms with Gasteiger partial charge in [0.2, 0.25) is 0 Å². The number of nitrogens with zero attached hydrogens (tertiary/aromatic N) is 2. The second kappa shape index (κ2) is 4.03. The van der Waals surface area contributed by atoms with Crippen molar-refractivity contribution < 1.29 is 0 Å². The number of nitrogen functional groups attached to an aromatic ring is 1. The molecule has 0 aliphatic heterocycles. The Labute approximate surface area is 110 Å². The van der Waals surface area contributed by atoms with E-state index in [0.29, 0.717) is 10.7 Å². The van der Waals surface area contributed by atoms with E-state index in [1.807, 2.05) is 54.1 Å². The number of halogens is 1. The van der Waals surface area contributed by atoms with Gasteiger partial charge in [-0.25, -0.2) is 4.98 Å². The number of benzene rings is 2. The maximum absolute atomic E-state index is 6.23. The Kier molecular flexibility index (Phi) is 2.49. The van der Waals surface area contributed by atoms with Crippen molar-refractivity contribution in [3.63, 3.8) is 0 Å². The van der Waals surface area contributed by atoms with Crippen molar-refractivity contribution in [2.45, 2.75) is 0 Å². The SMILES string of the molecule is Cn1c(-c2c(N)cccc2Cl)nc2ccccc21. The molecule has 1 aromatic heterocycles. The molecule has 0 radical (unpaired) electrons. The van der Waals surface area contributed by atoms with Crippen molar-refractivity contribution in [1.29, 1.82) is 0 Å². The van der Waals surface area contributed by atoms with Gasteiger partial charge >= 0.3 is 0 Å². The number of aromatic nitrogens is 2. The molecule has 3 rings (SSSR count). The van der Waals surface area contributed by atoms with Gasteiger partial charge in [0.1, 0.15) is 5.82 Å². The summed E-state index contributed by atoms with van der Waals surface area (Å²) < 4.78 is 2.01. The summed E-state index contributed by atoms with van der Waals surface area (Å²) in [5.74, 6) is 0.791. The van der Waals surface area contributed by atoms with Gasteiger partial charge in [0, 0.05) is 12.7 Å². The highest BCUT2D eigenvalue weighted by Gasteiger charge is 2.14. The standard InChI is InChI=1S/C14H12ClN3/c1-18-12-8-3-2-7-11(12)17-14(18)13-9(15)5-4-6-10(13)16/h2-8H,16H2,1H3. The molecule has 0 saturated heterocycles. The first-order valence-electron chi connectivity index (χ1n) is 5.64. The fourth-order valence-electron chi connectivity index (χ4n) is 2.15. The van der Waals surface area contributed by atoms with Crippen molar-refractivity contribution in [3.05, 3.63) is 47.5 Å². The molecule has 0 atom stereocenters. The molecular formula is C14H12ClN3. The lowest BCUT2D eigenvalue weighted by molar-refractivity contribution is 0.960. The molecule has 0 aliphatic rings. The largest absolute Gasteiger partial charge is 0.398 e. The lowest BCUT2D eigenvalue weighted by Gasteiger charge is -2.07. The van der Waals surface area contributed by atoms with E-state index in [1.54, 1.807) is 0 Å². The van der Waals surface area contributed by atoms with Crippen LogP contribution in [0.2, 0.25) is 5.02 Å². The number of para-hydroxylation sites is 2. The Morgan fingerprint density at radius 3 is 2.61 bits per heavy atom. The molecule has 4 heteroatoms. The summed E-state index contributed by atoms with van der Waals surface area (Å²) in [5, 5.41) is 0.619. The number of rotatable bonds is 1. The number of imidazole rings is 1. The van der Waals surface area contributed by atoms with Crippen LogP contribution in [0.1, 0.15) is 0 Å². The molecule has 0 bridgehead atoms. The highest BCUT2D eigenvalue weighted by atomic mass is 35.5. The monoisotopic (exact) mass is 257 g/mol. The van der Waals surface area contributed by atoms with E-state index in [9.17, 15) is 0 Å². The summed E-state index contributed by atoms with van der Waals surface area (Å²) in [6, 6.07) is 13.5. The van der Waals surface area contributed by atoms with Crippen molar-refractivity contribution >= 4 is 28.3 Å². The molecular weight excluding hydrogens is 246 g/mol. The molecule has 2 N–H and O–H groups in total. The summed E-state index contributed by atoms with van der Waals surface area (Å²) in [6.07, 6.45) is 0. The molecule has 0 spiro atoms. The smallest absolute Gasteiger partial charge is 0.144 e. The van der Waals surface area contributed by atoms with E-state index in [2.05, 4.69) is 4.98 Å². The summed E-state index contributed by atoms with van der Waals surface area (Å²) in [7, 11) is 1.97. The zero-order valence-electron chi connectivity index (χ0n) is 9.89. The molecule has 0 fully saturated rings. The zero-order chi connectivity index (χ0) is 12.7. The normalized spacial score (nSPS) is 11.0. The van der Waals surface area contributed by atoms with Gasteiger partial charge in [0.15, 0.2) is 0 Å². The van der Waals surface area contributed by atoms with E-state index < -0.39 is 0 Å². The van der Waals surface area contributed by atoms with Gasteiger partial charge in [-0.05, 0) is 24.3 Å². The molecule has 3 nitrogen and oxygen atoms in total. The molecule has 1 heterocycles. The molecule has 0 aliphatic carbocycles. The molecule has 18 heavy (non-hydrogen) atoms. The zero-order valence-corrected chi connectivity index (χ0v) is 10.6. The molecule has 3 aromatic rings. The predicted molar refractivity (Wildman–Crippen MR) is 75.6 cm³/mol. The highest BCUT2D eigenvalue weighted by molar-refractivity contribution is 6.33. The fraction of sp³-hybridized carbons (Fsp3) is 0.0714. The molecule has 2 aromatic carbocycles. The summed E-state index contributed by atoms with van der Waals surface area (Å²) in [5.41, 5.74) is 9.44. The van der Waals surface area contributed by atoms with Crippen molar-refractivity contribution in [3.8, 4) is 11.4 Å². The van der Waals surface area contributed by atoms with E-state index in [4.69, 9.17) is 17.3 Å². The van der Waals surface area contributed by atoms with Crippen molar-refractivity contribution in [1.82, 2.24) is 9.55 Å². The van der Waals surface area contributed by atoms with Crippen LogP contribution in [0.3, 0.4) is 0 Å². The highest BCUT2D eigenvalue weighted by Crippen LogP contribution is 2.33. The minimum absolute atomic E-state index is 0.619. The maximum Gasteiger partial charge on any atom is 0.144 e. The van der Waals surface area contributed by atoms with Crippen molar-refractivity contribution in [2.24, 2.45) is 7.05 Å². The lowest BCUT2D eigenvalue weighted by Crippen LogP contribution is -1.97. The Hall–Kier alpha value is -2.00. The third-order valence-corrected chi connectivity index (χ3v) is 3.37. The van der Waals surface area contributed by atoms with Crippen LogP contribution in [-0.4, -0.2) is 9.55 Å². The number of aryl methyl sites for hydroxylation is 1. The molecule has 0 amide bonds. The number of anilines is 1. The third kappa shape index (κ3) is 1.56. The number of hydrogen-bond donors (Lipinski definition) is 1. The van der Waals surface area contributed by atoms with Crippen molar-refractivity contribution in [2.75, 3.05) is 5.73 Å². The van der Waals surface area contributed by atoms with Crippen LogP contribution >= 0.6 is 11.6 Å². The van der Waals surface area contributed by atoms with Crippen LogP contribution < -0.4 is 5.73 Å². The quantitative estimate of drug-likeness (QED) is 0.679. The maximum atomic E-state index is 6.23. The van der Waals surface area contributed by atoms with Gasteiger partial charge in [0.25, 0.3) is 0 Å². The first kappa shape index (κ1) is 11.1. The second-order valence-corrected chi connectivity index (χ2v) is 4.59.